The van der Waals surface area contributed by atoms with Gasteiger partial charge in [-0.1, -0.05) is 66.2 Å². The fourth-order valence-corrected chi connectivity index (χ4v) is 3.49. The Bertz CT molecular complexity index is 1000. The van der Waals surface area contributed by atoms with Gasteiger partial charge in [-0.3, -0.25) is 9.59 Å². The molecule has 1 atom stereocenters. The van der Waals surface area contributed by atoms with E-state index in [0.29, 0.717) is 18.0 Å². The van der Waals surface area contributed by atoms with E-state index in [2.05, 4.69) is 5.32 Å². The Kier molecular flexibility index (Phi) is 7.26. The Morgan fingerprint density at radius 2 is 1.63 bits per heavy atom. The van der Waals surface area contributed by atoms with Gasteiger partial charge in [0.2, 0.25) is 11.8 Å². The molecule has 0 bridgehead atoms. The number of amides is 2. The summed E-state index contributed by atoms with van der Waals surface area (Å²) in [5.74, 6) is -0.0987. The highest BCUT2D eigenvalue weighted by Crippen LogP contribution is 2.26. The highest BCUT2D eigenvalue weighted by molar-refractivity contribution is 6.30. The molecule has 0 aliphatic rings. The number of carbonyl (C=O) groups is 2. The average Bonchev–Trinajstić information content (AvgIpc) is 2.73. The highest BCUT2D eigenvalue weighted by Gasteiger charge is 2.22. The molecule has 154 valence electrons. The minimum atomic E-state index is -0.168. The van der Waals surface area contributed by atoms with Crippen LogP contribution in [0.4, 0.5) is 5.69 Å². The maximum atomic E-state index is 13.3. The summed E-state index contributed by atoms with van der Waals surface area (Å²) in [5.41, 5.74) is 3.66. The summed E-state index contributed by atoms with van der Waals surface area (Å²) in [4.78, 5) is 26.6. The molecule has 0 aliphatic carbocycles. The molecule has 3 rings (SSSR count). The first-order valence-electron chi connectivity index (χ1n) is 9.88. The SMILES string of the molecule is CC(=O)Nc1cccc(C(C)N(Cc2ccccc2)C(=O)Cc2ccc(Cl)cc2)c1. The summed E-state index contributed by atoms with van der Waals surface area (Å²) in [7, 11) is 0. The van der Waals surface area contributed by atoms with E-state index in [0.717, 1.165) is 22.4 Å². The first-order valence-corrected chi connectivity index (χ1v) is 10.3. The summed E-state index contributed by atoms with van der Waals surface area (Å²) >= 11 is 5.97. The summed E-state index contributed by atoms with van der Waals surface area (Å²) < 4.78 is 0. The smallest absolute Gasteiger partial charge is 0.227 e. The minimum absolute atomic E-state index is 0.0265. The number of anilines is 1. The van der Waals surface area contributed by atoms with Crippen molar-refractivity contribution < 1.29 is 9.59 Å². The van der Waals surface area contributed by atoms with Gasteiger partial charge in [-0.25, -0.2) is 0 Å². The van der Waals surface area contributed by atoms with Crippen molar-refractivity contribution >= 4 is 29.1 Å². The number of benzene rings is 3. The molecule has 0 radical (unpaired) electrons. The number of nitrogens with zero attached hydrogens (tertiary/aromatic N) is 1. The molecule has 0 aromatic heterocycles. The molecule has 0 aliphatic heterocycles. The van der Waals surface area contributed by atoms with Gasteiger partial charge in [0.25, 0.3) is 0 Å². The van der Waals surface area contributed by atoms with Crippen LogP contribution in [0.2, 0.25) is 5.02 Å². The Morgan fingerprint density at radius 1 is 0.933 bits per heavy atom. The van der Waals surface area contributed by atoms with Crippen molar-refractivity contribution in [3.63, 3.8) is 0 Å². The molecule has 3 aromatic carbocycles. The molecule has 0 fully saturated rings. The molecular formula is C25H25ClN2O2. The van der Waals surface area contributed by atoms with Crippen LogP contribution < -0.4 is 5.32 Å². The third-order valence-corrected chi connectivity index (χ3v) is 5.19. The van der Waals surface area contributed by atoms with Gasteiger partial charge in [0.15, 0.2) is 0 Å². The van der Waals surface area contributed by atoms with E-state index in [9.17, 15) is 9.59 Å². The van der Waals surface area contributed by atoms with Crippen LogP contribution in [-0.2, 0) is 22.6 Å². The zero-order chi connectivity index (χ0) is 21.5. The molecule has 3 aromatic rings. The first-order chi connectivity index (χ1) is 14.4. The molecular weight excluding hydrogens is 396 g/mol. The van der Waals surface area contributed by atoms with Gasteiger partial charge in [-0.2, -0.15) is 0 Å². The fraction of sp³-hybridized carbons (Fsp3) is 0.200. The normalized spacial score (nSPS) is 11.6. The van der Waals surface area contributed by atoms with Gasteiger partial charge in [-0.15, -0.1) is 0 Å². The molecule has 0 heterocycles. The van der Waals surface area contributed by atoms with E-state index >= 15 is 0 Å². The van der Waals surface area contributed by atoms with Gasteiger partial charge < -0.3 is 10.2 Å². The molecule has 1 N–H and O–H groups in total. The van der Waals surface area contributed by atoms with E-state index in [4.69, 9.17) is 11.6 Å². The molecule has 0 saturated carbocycles. The fourth-order valence-electron chi connectivity index (χ4n) is 3.36. The van der Waals surface area contributed by atoms with E-state index in [-0.39, 0.29) is 17.9 Å². The summed E-state index contributed by atoms with van der Waals surface area (Å²) in [6.45, 7) is 3.99. The highest BCUT2D eigenvalue weighted by atomic mass is 35.5. The molecule has 4 nitrogen and oxygen atoms in total. The number of halogens is 1. The number of carbonyl (C=O) groups excluding carboxylic acids is 2. The predicted octanol–water partition coefficient (Wildman–Crippen LogP) is 5.63. The Labute approximate surface area is 182 Å². The predicted molar refractivity (Wildman–Crippen MR) is 121 cm³/mol. The molecule has 30 heavy (non-hydrogen) atoms. The minimum Gasteiger partial charge on any atom is -0.331 e. The van der Waals surface area contributed by atoms with Crippen molar-refractivity contribution in [2.45, 2.75) is 32.9 Å². The molecule has 2 amide bonds. The van der Waals surface area contributed by atoms with Crippen LogP contribution in [0.1, 0.15) is 36.6 Å². The van der Waals surface area contributed by atoms with Crippen LogP contribution in [0.15, 0.2) is 78.9 Å². The van der Waals surface area contributed by atoms with Gasteiger partial charge in [0, 0.05) is 24.2 Å². The van der Waals surface area contributed by atoms with Crippen molar-refractivity contribution in [2.24, 2.45) is 0 Å². The van der Waals surface area contributed by atoms with E-state index in [1.165, 1.54) is 6.92 Å². The van der Waals surface area contributed by atoms with E-state index < -0.39 is 0 Å². The quantitative estimate of drug-likeness (QED) is 0.538. The summed E-state index contributed by atoms with van der Waals surface area (Å²) in [6.07, 6.45) is 0.291. The standard InChI is InChI=1S/C25H25ClN2O2/c1-18(22-9-6-10-24(16-22)27-19(2)29)28(17-21-7-4-3-5-8-21)25(30)15-20-11-13-23(26)14-12-20/h3-14,16,18H,15,17H2,1-2H3,(H,27,29). The second-order valence-corrected chi connectivity index (χ2v) is 7.73. The van der Waals surface area contributed by atoms with Crippen LogP contribution in [-0.4, -0.2) is 16.7 Å². The monoisotopic (exact) mass is 420 g/mol. The third-order valence-electron chi connectivity index (χ3n) is 4.94. The number of nitrogens with one attached hydrogen (secondary N) is 1. The lowest BCUT2D eigenvalue weighted by Gasteiger charge is -2.30. The Morgan fingerprint density at radius 3 is 2.30 bits per heavy atom. The number of hydrogen-bond donors (Lipinski definition) is 1. The second kappa shape index (κ2) is 10.1. The van der Waals surface area contributed by atoms with E-state index in [1.807, 2.05) is 78.6 Å². The molecule has 0 saturated heterocycles. The van der Waals surface area contributed by atoms with Crippen molar-refractivity contribution in [3.8, 4) is 0 Å². The lowest BCUT2D eigenvalue weighted by molar-refractivity contribution is -0.133. The van der Waals surface area contributed by atoms with Gasteiger partial charge in [0.05, 0.1) is 12.5 Å². The average molecular weight is 421 g/mol. The van der Waals surface area contributed by atoms with Crippen molar-refractivity contribution in [1.82, 2.24) is 4.90 Å². The lowest BCUT2D eigenvalue weighted by atomic mass is 10.0. The first kappa shape index (κ1) is 21.6. The van der Waals surface area contributed by atoms with Gasteiger partial charge >= 0.3 is 0 Å². The maximum absolute atomic E-state index is 13.3. The zero-order valence-corrected chi connectivity index (χ0v) is 17.9. The van der Waals surface area contributed by atoms with Gasteiger partial charge in [0.1, 0.15) is 0 Å². The van der Waals surface area contributed by atoms with Crippen LogP contribution >= 0.6 is 11.6 Å². The van der Waals surface area contributed by atoms with Crippen LogP contribution in [0.25, 0.3) is 0 Å². The Hall–Kier alpha value is -3.11. The largest absolute Gasteiger partial charge is 0.331 e. The van der Waals surface area contributed by atoms with Crippen LogP contribution in [0, 0.1) is 0 Å². The van der Waals surface area contributed by atoms with Crippen molar-refractivity contribution in [1.29, 1.82) is 0 Å². The van der Waals surface area contributed by atoms with Crippen molar-refractivity contribution in [2.75, 3.05) is 5.32 Å². The topological polar surface area (TPSA) is 49.4 Å². The number of hydrogen-bond acceptors (Lipinski definition) is 2. The number of rotatable bonds is 7. The third kappa shape index (κ3) is 5.94. The summed E-state index contributed by atoms with van der Waals surface area (Å²) in [5, 5.41) is 3.46. The maximum Gasteiger partial charge on any atom is 0.227 e. The molecule has 5 heteroatoms. The van der Waals surface area contributed by atoms with Crippen LogP contribution in [0.5, 0.6) is 0 Å². The van der Waals surface area contributed by atoms with E-state index in [1.54, 1.807) is 12.1 Å². The lowest BCUT2D eigenvalue weighted by Crippen LogP contribution is -2.34. The Balaban J connectivity index is 1.87. The zero-order valence-electron chi connectivity index (χ0n) is 17.1. The molecule has 0 spiro atoms. The summed E-state index contributed by atoms with van der Waals surface area (Å²) in [6, 6.07) is 24.7. The van der Waals surface area contributed by atoms with Crippen LogP contribution in [0.3, 0.4) is 0 Å². The van der Waals surface area contributed by atoms with Gasteiger partial charge in [-0.05, 0) is 47.9 Å². The molecule has 1 unspecified atom stereocenters. The van der Waals surface area contributed by atoms with Crippen molar-refractivity contribution in [3.05, 3.63) is 101 Å². The second-order valence-electron chi connectivity index (χ2n) is 7.29.